The summed E-state index contributed by atoms with van der Waals surface area (Å²) in [5.41, 5.74) is 6.38. The summed E-state index contributed by atoms with van der Waals surface area (Å²) in [5, 5.41) is 0. The second-order valence-electron chi connectivity index (χ2n) is 3.39. The quantitative estimate of drug-likeness (QED) is 0.819. The molecule has 0 aliphatic rings. The van der Waals surface area contributed by atoms with Crippen molar-refractivity contribution in [1.29, 1.82) is 0 Å². The van der Waals surface area contributed by atoms with Crippen LogP contribution in [0.1, 0.15) is 23.0 Å². The smallest absolute Gasteiger partial charge is 0.362 e. The van der Waals surface area contributed by atoms with Gasteiger partial charge in [0, 0.05) is 5.56 Å². The van der Waals surface area contributed by atoms with Crippen LogP contribution in [-0.2, 0) is 4.74 Å². The number of oxazole rings is 1. The van der Waals surface area contributed by atoms with Gasteiger partial charge in [-0.25, -0.2) is 4.79 Å². The maximum atomic E-state index is 11.5. The molecular formula is C11H12N2O4. The van der Waals surface area contributed by atoms with Crippen molar-refractivity contribution >= 4 is 11.9 Å². The number of anilines is 1. The summed E-state index contributed by atoms with van der Waals surface area (Å²) < 4.78 is 15.2. The van der Waals surface area contributed by atoms with Crippen molar-refractivity contribution < 1.29 is 18.4 Å². The third-order valence-corrected chi connectivity index (χ3v) is 2.18. The minimum atomic E-state index is -0.607. The Bertz CT molecular complexity index is 541. The van der Waals surface area contributed by atoms with Crippen LogP contribution in [-0.4, -0.2) is 17.6 Å². The molecule has 6 nitrogen and oxygen atoms in total. The molecule has 2 aromatic heterocycles. The minimum Gasteiger partial charge on any atom is -0.461 e. The van der Waals surface area contributed by atoms with Gasteiger partial charge in [0.15, 0.2) is 5.76 Å². The molecule has 90 valence electrons. The Balaban J connectivity index is 2.37. The first kappa shape index (κ1) is 11.3. The Hall–Kier alpha value is -2.24. The average molecular weight is 236 g/mol. The van der Waals surface area contributed by atoms with Crippen LogP contribution in [0.3, 0.4) is 0 Å². The monoisotopic (exact) mass is 236 g/mol. The van der Waals surface area contributed by atoms with E-state index in [1.54, 1.807) is 13.0 Å². The van der Waals surface area contributed by atoms with Crippen LogP contribution in [0.15, 0.2) is 21.2 Å². The number of furan rings is 1. The number of carbonyl (C=O) groups excluding carboxylic acids is 1. The third kappa shape index (κ3) is 2.01. The summed E-state index contributed by atoms with van der Waals surface area (Å²) in [4.78, 5) is 15.4. The molecule has 0 atom stereocenters. The lowest BCUT2D eigenvalue weighted by Crippen LogP contribution is -2.07. The molecule has 0 spiro atoms. The van der Waals surface area contributed by atoms with E-state index in [1.165, 1.54) is 6.26 Å². The van der Waals surface area contributed by atoms with Crippen molar-refractivity contribution in [2.24, 2.45) is 0 Å². The van der Waals surface area contributed by atoms with Crippen molar-refractivity contribution in [3.63, 3.8) is 0 Å². The fourth-order valence-corrected chi connectivity index (χ4v) is 1.37. The first-order valence-corrected chi connectivity index (χ1v) is 5.11. The van der Waals surface area contributed by atoms with E-state index < -0.39 is 5.97 Å². The van der Waals surface area contributed by atoms with Gasteiger partial charge in [-0.2, -0.15) is 4.98 Å². The zero-order chi connectivity index (χ0) is 12.4. The zero-order valence-corrected chi connectivity index (χ0v) is 9.52. The lowest BCUT2D eigenvalue weighted by Gasteiger charge is -1.96. The number of hydrogen-bond acceptors (Lipinski definition) is 6. The van der Waals surface area contributed by atoms with E-state index in [9.17, 15) is 4.79 Å². The lowest BCUT2D eigenvalue weighted by molar-refractivity contribution is 0.0521. The molecule has 0 aromatic carbocycles. The number of nitrogens with zero attached hydrogens (tertiary/aromatic N) is 1. The van der Waals surface area contributed by atoms with E-state index in [0.29, 0.717) is 5.76 Å². The molecule has 2 rings (SSSR count). The molecule has 0 amide bonds. The summed E-state index contributed by atoms with van der Waals surface area (Å²) in [6, 6.07) is 1.76. The Labute approximate surface area is 97.4 Å². The number of ether oxygens (including phenoxy) is 1. The summed E-state index contributed by atoms with van der Waals surface area (Å²) in [6.07, 6.45) is 1.51. The van der Waals surface area contributed by atoms with Crippen molar-refractivity contribution in [3.05, 3.63) is 23.6 Å². The zero-order valence-electron chi connectivity index (χ0n) is 9.52. The SMILES string of the molecule is CCOC(=O)c1nc(-c2occc2C)oc1N. The predicted molar refractivity (Wildman–Crippen MR) is 59.3 cm³/mol. The van der Waals surface area contributed by atoms with Crippen molar-refractivity contribution in [2.45, 2.75) is 13.8 Å². The topological polar surface area (TPSA) is 91.5 Å². The van der Waals surface area contributed by atoms with Crippen molar-refractivity contribution in [3.8, 4) is 11.7 Å². The fourth-order valence-electron chi connectivity index (χ4n) is 1.37. The van der Waals surface area contributed by atoms with Crippen LogP contribution >= 0.6 is 0 Å². The van der Waals surface area contributed by atoms with Crippen LogP contribution in [0, 0.1) is 6.92 Å². The van der Waals surface area contributed by atoms with E-state index in [0.717, 1.165) is 5.56 Å². The number of carbonyl (C=O) groups is 1. The van der Waals surface area contributed by atoms with Gasteiger partial charge in [-0.3, -0.25) is 0 Å². The van der Waals surface area contributed by atoms with Gasteiger partial charge in [0.1, 0.15) is 0 Å². The van der Waals surface area contributed by atoms with Gasteiger partial charge in [-0.15, -0.1) is 0 Å². The van der Waals surface area contributed by atoms with Gasteiger partial charge in [0.05, 0.1) is 12.9 Å². The highest BCUT2D eigenvalue weighted by molar-refractivity contribution is 5.92. The lowest BCUT2D eigenvalue weighted by atomic mass is 10.3. The van der Waals surface area contributed by atoms with Gasteiger partial charge in [0.25, 0.3) is 5.89 Å². The van der Waals surface area contributed by atoms with Crippen LogP contribution in [0.2, 0.25) is 0 Å². The molecule has 0 saturated carbocycles. The predicted octanol–water partition coefficient (Wildman–Crippen LogP) is 2.00. The highest BCUT2D eigenvalue weighted by atomic mass is 16.5. The summed E-state index contributed by atoms with van der Waals surface area (Å²) in [6.45, 7) is 3.79. The molecule has 0 aliphatic heterocycles. The molecular weight excluding hydrogens is 224 g/mol. The molecule has 0 unspecified atom stereocenters. The number of hydrogen-bond donors (Lipinski definition) is 1. The second-order valence-corrected chi connectivity index (χ2v) is 3.39. The van der Waals surface area contributed by atoms with Crippen LogP contribution in [0.4, 0.5) is 5.88 Å². The maximum Gasteiger partial charge on any atom is 0.362 e. The number of nitrogen functional groups attached to an aromatic ring is 1. The standard InChI is InChI=1S/C11H12N2O4/c1-3-15-11(14)7-9(12)17-10(13-7)8-6(2)4-5-16-8/h4-5H,3,12H2,1-2H3. The number of aryl methyl sites for hydroxylation is 1. The fraction of sp³-hybridized carbons (Fsp3) is 0.273. The van der Waals surface area contributed by atoms with Gasteiger partial charge in [-0.05, 0) is 19.9 Å². The molecule has 2 aromatic rings. The molecule has 0 saturated heterocycles. The normalized spacial score (nSPS) is 10.5. The van der Waals surface area contributed by atoms with E-state index in [1.807, 2.05) is 6.92 Å². The Morgan fingerprint density at radius 2 is 2.35 bits per heavy atom. The van der Waals surface area contributed by atoms with Gasteiger partial charge >= 0.3 is 5.97 Å². The minimum absolute atomic E-state index is 0.0300. The second kappa shape index (κ2) is 4.32. The molecule has 6 heteroatoms. The third-order valence-electron chi connectivity index (χ3n) is 2.18. The van der Waals surface area contributed by atoms with E-state index >= 15 is 0 Å². The Morgan fingerprint density at radius 1 is 1.59 bits per heavy atom. The van der Waals surface area contributed by atoms with Crippen LogP contribution < -0.4 is 5.73 Å². The average Bonchev–Trinajstić information content (AvgIpc) is 2.84. The summed E-state index contributed by atoms with van der Waals surface area (Å²) in [7, 11) is 0. The van der Waals surface area contributed by atoms with Gasteiger partial charge < -0.3 is 19.3 Å². The number of nitrogens with two attached hydrogens (primary N) is 1. The molecule has 2 N–H and O–H groups in total. The summed E-state index contributed by atoms with van der Waals surface area (Å²) in [5.74, 6) is -0.0567. The van der Waals surface area contributed by atoms with Crippen LogP contribution in [0.5, 0.6) is 0 Å². The van der Waals surface area contributed by atoms with E-state index in [4.69, 9.17) is 19.3 Å². The molecule has 17 heavy (non-hydrogen) atoms. The van der Waals surface area contributed by atoms with Crippen LogP contribution in [0.25, 0.3) is 11.7 Å². The highest BCUT2D eigenvalue weighted by Gasteiger charge is 2.22. The van der Waals surface area contributed by atoms with Gasteiger partial charge in [0.2, 0.25) is 11.6 Å². The first-order valence-electron chi connectivity index (χ1n) is 5.11. The Morgan fingerprint density at radius 3 is 2.94 bits per heavy atom. The molecule has 0 aliphatic carbocycles. The van der Waals surface area contributed by atoms with Crippen molar-refractivity contribution in [1.82, 2.24) is 4.98 Å². The number of aromatic nitrogens is 1. The molecule has 2 heterocycles. The molecule has 0 radical (unpaired) electrons. The number of rotatable bonds is 3. The first-order chi connectivity index (χ1) is 8.13. The van der Waals surface area contributed by atoms with E-state index in [-0.39, 0.29) is 24.1 Å². The van der Waals surface area contributed by atoms with E-state index in [2.05, 4.69) is 4.98 Å². The largest absolute Gasteiger partial charge is 0.461 e. The summed E-state index contributed by atoms with van der Waals surface area (Å²) >= 11 is 0. The number of esters is 1. The molecule has 0 bridgehead atoms. The highest BCUT2D eigenvalue weighted by Crippen LogP contribution is 2.27. The Kier molecular flexibility index (Phi) is 2.86. The van der Waals surface area contributed by atoms with Gasteiger partial charge in [-0.1, -0.05) is 0 Å². The molecule has 0 fully saturated rings. The van der Waals surface area contributed by atoms with Crippen molar-refractivity contribution in [2.75, 3.05) is 12.3 Å². The maximum absolute atomic E-state index is 11.5.